The van der Waals surface area contributed by atoms with Gasteiger partial charge in [-0.05, 0) is 88.1 Å². The quantitative estimate of drug-likeness (QED) is 0.176. The van der Waals surface area contributed by atoms with Crippen LogP contribution in [0.15, 0.2) is 182 Å². The third-order valence-electron chi connectivity index (χ3n) is 10.6. The molecule has 0 spiro atoms. The van der Waals surface area contributed by atoms with Gasteiger partial charge in [-0.2, -0.15) is 0 Å². The minimum atomic E-state index is 0.924. The lowest BCUT2D eigenvalue weighted by Crippen LogP contribution is -1.97. The van der Waals surface area contributed by atoms with E-state index in [0.29, 0.717) is 0 Å². The van der Waals surface area contributed by atoms with Crippen LogP contribution in [0.25, 0.3) is 99.0 Å². The Labute approximate surface area is 299 Å². The molecule has 0 aliphatic rings. The Morgan fingerprint density at radius 3 is 1.81 bits per heavy atom. The summed E-state index contributed by atoms with van der Waals surface area (Å²) in [6, 6.07) is 61.4. The zero-order chi connectivity index (χ0) is 34.2. The molecule has 0 N–H and O–H groups in total. The molecule has 242 valence electrons. The minimum Gasteiger partial charge on any atom is -0.309 e. The molecule has 0 amide bonds. The molecule has 4 nitrogen and oxygen atoms in total. The molecule has 0 bridgehead atoms. The first-order valence-corrected chi connectivity index (χ1v) is 17.7. The fraction of sp³-hybridized carbons (Fsp3) is 0. The molecular weight excluding hydrogens is 633 g/mol. The van der Waals surface area contributed by atoms with Crippen LogP contribution in [-0.2, 0) is 0 Å². The van der Waals surface area contributed by atoms with E-state index in [0.717, 1.165) is 44.3 Å². The average molecular weight is 663 g/mol. The second-order valence-electron chi connectivity index (χ2n) is 13.5. The van der Waals surface area contributed by atoms with Gasteiger partial charge in [0.15, 0.2) is 0 Å². The van der Waals surface area contributed by atoms with Gasteiger partial charge in [0.1, 0.15) is 0 Å². The molecule has 0 radical (unpaired) electrons. The number of nitrogens with zero attached hydrogens (tertiary/aromatic N) is 4. The highest BCUT2D eigenvalue weighted by Crippen LogP contribution is 2.41. The summed E-state index contributed by atoms with van der Waals surface area (Å²) in [4.78, 5) is 9.68. The lowest BCUT2D eigenvalue weighted by Gasteiger charge is -2.14. The van der Waals surface area contributed by atoms with Gasteiger partial charge in [0.25, 0.3) is 0 Å². The van der Waals surface area contributed by atoms with E-state index in [9.17, 15) is 0 Å². The number of para-hydroxylation sites is 3. The van der Waals surface area contributed by atoms with E-state index in [1.54, 1.807) is 12.4 Å². The first-order chi connectivity index (χ1) is 25.8. The van der Waals surface area contributed by atoms with Crippen LogP contribution >= 0.6 is 0 Å². The van der Waals surface area contributed by atoms with Crippen molar-refractivity contribution in [2.24, 2.45) is 0 Å². The van der Waals surface area contributed by atoms with Crippen molar-refractivity contribution in [2.45, 2.75) is 0 Å². The van der Waals surface area contributed by atoms with E-state index in [4.69, 9.17) is 9.97 Å². The van der Waals surface area contributed by atoms with Crippen molar-refractivity contribution in [3.8, 4) is 33.8 Å². The molecule has 11 aromatic rings. The predicted octanol–water partition coefficient (Wildman–Crippen LogP) is 12.3. The van der Waals surface area contributed by atoms with Crippen molar-refractivity contribution < 1.29 is 0 Å². The standard InChI is InChI=1S/C48H30N4/c1-2-16-35(17-3-1)51-43-22-8-4-12-34(43)28-45(51)33-15-10-13-31(26-33)32-14-11-18-36(27-32)52-44-23-9-7-20-38(44)41-29-40-37-19-5-6-21-39(37)47-48(50-25-24-49-47)42(40)30-46(41)52/h1-30H. The van der Waals surface area contributed by atoms with E-state index < -0.39 is 0 Å². The summed E-state index contributed by atoms with van der Waals surface area (Å²) in [5.41, 5.74) is 12.3. The molecule has 0 atom stereocenters. The van der Waals surface area contributed by atoms with Gasteiger partial charge in [-0.3, -0.25) is 9.97 Å². The van der Waals surface area contributed by atoms with Gasteiger partial charge in [0, 0.05) is 50.7 Å². The molecule has 0 aliphatic carbocycles. The van der Waals surface area contributed by atoms with Crippen LogP contribution in [0.5, 0.6) is 0 Å². The maximum absolute atomic E-state index is 4.88. The fourth-order valence-corrected chi connectivity index (χ4v) is 8.27. The van der Waals surface area contributed by atoms with Crippen LogP contribution in [0.4, 0.5) is 0 Å². The zero-order valence-corrected chi connectivity index (χ0v) is 28.1. The number of aromatic nitrogens is 4. The summed E-state index contributed by atoms with van der Waals surface area (Å²) >= 11 is 0. The van der Waals surface area contributed by atoms with Gasteiger partial charge in [0.05, 0.1) is 33.3 Å². The summed E-state index contributed by atoms with van der Waals surface area (Å²) in [6.07, 6.45) is 3.59. The molecule has 0 aliphatic heterocycles. The lowest BCUT2D eigenvalue weighted by atomic mass is 9.97. The van der Waals surface area contributed by atoms with Crippen LogP contribution in [-0.4, -0.2) is 19.1 Å². The molecule has 3 aromatic heterocycles. The largest absolute Gasteiger partial charge is 0.309 e. The first-order valence-electron chi connectivity index (χ1n) is 17.7. The first kappa shape index (κ1) is 28.8. The second kappa shape index (κ2) is 11.2. The number of benzene rings is 8. The van der Waals surface area contributed by atoms with Crippen LogP contribution in [0.2, 0.25) is 0 Å². The Kier molecular flexibility index (Phi) is 6.22. The second-order valence-corrected chi connectivity index (χ2v) is 13.5. The van der Waals surface area contributed by atoms with Gasteiger partial charge in [-0.25, -0.2) is 0 Å². The van der Waals surface area contributed by atoms with Crippen molar-refractivity contribution >= 4 is 65.3 Å². The van der Waals surface area contributed by atoms with Crippen molar-refractivity contribution in [3.63, 3.8) is 0 Å². The van der Waals surface area contributed by atoms with E-state index in [1.165, 1.54) is 54.8 Å². The molecule has 52 heavy (non-hydrogen) atoms. The SMILES string of the molecule is c1ccc(-n2c(-c3cccc(-c4cccc(-n5c6ccccc6c6cc7c8ccccc8c8nccnc8c7cc65)c4)c3)cc3ccccc32)cc1. The molecule has 8 aromatic carbocycles. The maximum Gasteiger partial charge on any atom is 0.0972 e. The number of hydrogen-bond acceptors (Lipinski definition) is 2. The minimum absolute atomic E-state index is 0.924. The lowest BCUT2D eigenvalue weighted by molar-refractivity contribution is 1.13. The molecular formula is C48H30N4. The van der Waals surface area contributed by atoms with Crippen molar-refractivity contribution in [1.82, 2.24) is 19.1 Å². The predicted molar refractivity (Wildman–Crippen MR) is 217 cm³/mol. The maximum atomic E-state index is 4.88. The van der Waals surface area contributed by atoms with Crippen LogP contribution in [0.1, 0.15) is 0 Å². The third kappa shape index (κ3) is 4.28. The Morgan fingerprint density at radius 2 is 0.962 bits per heavy atom. The summed E-state index contributed by atoms with van der Waals surface area (Å²) < 4.78 is 4.77. The molecule has 0 saturated heterocycles. The number of fused-ring (bicyclic) bond motifs is 10. The van der Waals surface area contributed by atoms with Gasteiger partial charge in [0.2, 0.25) is 0 Å². The molecule has 11 rings (SSSR count). The number of hydrogen-bond donors (Lipinski definition) is 0. The topological polar surface area (TPSA) is 35.6 Å². The highest BCUT2D eigenvalue weighted by molar-refractivity contribution is 6.27. The van der Waals surface area contributed by atoms with Gasteiger partial charge < -0.3 is 9.13 Å². The van der Waals surface area contributed by atoms with E-state index in [1.807, 2.05) is 0 Å². The Bertz CT molecular complexity index is 3190. The zero-order valence-electron chi connectivity index (χ0n) is 28.1. The Hall–Kier alpha value is -7.04. The molecule has 0 fully saturated rings. The Balaban J connectivity index is 1.12. The molecule has 0 unspecified atom stereocenters. The molecule has 3 heterocycles. The Morgan fingerprint density at radius 1 is 0.327 bits per heavy atom. The summed E-state index contributed by atoms with van der Waals surface area (Å²) in [5.74, 6) is 0. The van der Waals surface area contributed by atoms with Crippen molar-refractivity contribution in [2.75, 3.05) is 0 Å². The van der Waals surface area contributed by atoms with Gasteiger partial charge in [-0.15, -0.1) is 0 Å². The third-order valence-corrected chi connectivity index (χ3v) is 10.6. The van der Waals surface area contributed by atoms with Crippen LogP contribution in [0, 0.1) is 0 Å². The smallest absolute Gasteiger partial charge is 0.0972 e. The van der Waals surface area contributed by atoms with E-state index >= 15 is 0 Å². The van der Waals surface area contributed by atoms with Crippen molar-refractivity contribution in [3.05, 3.63) is 182 Å². The van der Waals surface area contributed by atoms with Crippen molar-refractivity contribution in [1.29, 1.82) is 0 Å². The molecule has 0 saturated carbocycles. The van der Waals surface area contributed by atoms with E-state index in [2.05, 4.69) is 179 Å². The summed E-state index contributed by atoms with van der Waals surface area (Å²) in [6.45, 7) is 0. The van der Waals surface area contributed by atoms with Gasteiger partial charge in [-0.1, -0.05) is 109 Å². The monoisotopic (exact) mass is 662 g/mol. The summed E-state index contributed by atoms with van der Waals surface area (Å²) in [7, 11) is 0. The van der Waals surface area contributed by atoms with Gasteiger partial charge >= 0.3 is 0 Å². The van der Waals surface area contributed by atoms with Crippen LogP contribution in [0.3, 0.4) is 0 Å². The normalized spacial score (nSPS) is 11.8. The highest BCUT2D eigenvalue weighted by atomic mass is 15.0. The number of rotatable bonds is 4. The highest BCUT2D eigenvalue weighted by Gasteiger charge is 2.18. The average Bonchev–Trinajstić information content (AvgIpc) is 3.77. The van der Waals surface area contributed by atoms with E-state index in [-0.39, 0.29) is 0 Å². The summed E-state index contributed by atoms with van der Waals surface area (Å²) in [5, 5.41) is 8.28. The fourth-order valence-electron chi connectivity index (χ4n) is 8.27. The molecule has 4 heteroatoms. The van der Waals surface area contributed by atoms with Crippen LogP contribution < -0.4 is 0 Å².